The Hall–Kier alpha value is -2.30. The summed E-state index contributed by atoms with van der Waals surface area (Å²) in [4.78, 5) is 11.4. The summed E-state index contributed by atoms with van der Waals surface area (Å²) >= 11 is 0. The van der Waals surface area contributed by atoms with Gasteiger partial charge in [-0.25, -0.2) is 9.18 Å². The lowest BCUT2D eigenvalue weighted by Crippen LogP contribution is -2.20. The second-order valence-electron chi connectivity index (χ2n) is 3.21. The molecule has 4 nitrogen and oxygen atoms in total. The summed E-state index contributed by atoms with van der Waals surface area (Å²) in [6, 6.07) is 2.37. The number of carbonyl (C=O) groups excluding carboxylic acids is 1. The Bertz CT molecular complexity index is 534. The minimum atomic E-state index is -5.10. The highest BCUT2D eigenvalue weighted by Gasteiger charge is 2.34. The van der Waals surface area contributed by atoms with Gasteiger partial charge >= 0.3 is 12.3 Å². The van der Waals surface area contributed by atoms with Gasteiger partial charge in [-0.2, -0.15) is 5.26 Å². The minimum Gasteiger partial charge on any atom is -0.462 e. The monoisotopic (exact) mass is 277 g/mol. The Kier molecular flexibility index (Phi) is 4.32. The van der Waals surface area contributed by atoms with Crippen molar-refractivity contribution in [2.24, 2.45) is 0 Å². The van der Waals surface area contributed by atoms with E-state index in [-0.39, 0.29) is 6.61 Å². The maximum absolute atomic E-state index is 13.2. The summed E-state index contributed by atoms with van der Waals surface area (Å²) < 4.78 is 57.6. The number of hydrogen-bond acceptors (Lipinski definition) is 4. The average Bonchev–Trinajstić information content (AvgIpc) is 2.27. The standard InChI is InChI=1S/C11H7F4NO3/c1-2-18-10(17)7-3-6(5-16)8(12)4-9(7)19-11(13,14)15/h3-4H,2H2,1H3. The molecular formula is C11H7F4NO3. The largest absolute Gasteiger partial charge is 0.573 e. The second kappa shape index (κ2) is 5.56. The molecule has 0 aliphatic heterocycles. The highest BCUT2D eigenvalue weighted by atomic mass is 19.4. The number of esters is 1. The lowest BCUT2D eigenvalue weighted by Gasteiger charge is -2.13. The molecule has 0 saturated carbocycles. The fraction of sp³-hybridized carbons (Fsp3) is 0.273. The average molecular weight is 277 g/mol. The van der Waals surface area contributed by atoms with Crippen LogP contribution in [0, 0.1) is 17.1 Å². The SMILES string of the molecule is CCOC(=O)c1cc(C#N)c(F)cc1OC(F)(F)F. The van der Waals surface area contributed by atoms with Gasteiger partial charge in [0.05, 0.1) is 12.2 Å². The Morgan fingerprint density at radius 3 is 2.53 bits per heavy atom. The van der Waals surface area contributed by atoms with Crippen LogP contribution in [0.5, 0.6) is 5.75 Å². The molecule has 102 valence electrons. The van der Waals surface area contributed by atoms with E-state index in [0.29, 0.717) is 12.1 Å². The molecule has 0 aliphatic rings. The molecule has 0 amide bonds. The highest BCUT2D eigenvalue weighted by Crippen LogP contribution is 2.29. The van der Waals surface area contributed by atoms with Gasteiger partial charge in [-0.05, 0) is 13.0 Å². The van der Waals surface area contributed by atoms with Crippen molar-refractivity contribution in [1.82, 2.24) is 0 Å². The van der Waals surface area contributed by atoms with Crippen LogP contribution in [0.1, 0.15) is 22.8 Å². The Morgan fingerprint density at radius 1 is 1.42 bits per heavy atom. The number of alkyl halides is 3. The van der Waals surface area contributed by atoms with Crippen molar-refractivity contribution < 1.29 is 31.8 Å². The van der Waals surface area contributed by atoms with E-state index in [1.165, 1.54) is 13.0 Å². The highest BCUT2D eigenvalue weighted by molar-refractivity contribution is 5.93. The first-order valence-corrected chi connectivity index (χ1v) is 4.95. The number of hydrogen-bond donors (Lipinski definition) is 0. The van der Waals surface area contributed by atoms with E-state index >= 15 is 0 Å². The number of nitrogens with zero attached hydrogens (tertiary/aromatic N) is 1. The Balaban J connectivity index is 3.31. The predicted octanol–water partition coefficient (Wildman–Crippen LogP) is 2.77. The van der Waals surface area contributed by atoms with Crippen LogP contribution in [0.4, 0.5) is 17.6 Å². The Labute approximate surface area is 105 Å². The van der Waals surface area contributed by atoms with E-state index in [4.69, 9.17) is 5.26 Å². The van der Waals surface area contributed by atoms with Crippen LogP contribution in [0.2, 0.25) is 0 Å². The molecule has 0 aromatic heterocycles. The van der Waals surface area contributed by atoms with Crippen molar-refractivity contribution in [3.8, 4) is 11.8 Å². The van der Waals surface area contributed by atoms with Crippen molar-refractivity contribution in [1.29, 1.82) is 5.26 Å². The summed E-state index contributed by atoms with van der Waals surface area (Å²) in [6.45, 7) is 1.35. The van der Waals surface area contributed by atoms with E-state index in [9.17, 15) is 22.4 Å². The number of halogens is 4. The first-order chi connectivity index (χ1) is 8.78. The molecule has 0 atom stereocenters. The van der Waals surface area contributed by atoms with Gasteiger partial charge in [0, 0.05) is 6.07 Å². The third kappa shape index (κ3) is 3.84. The van der Waals surface area contributed by atoms with Crippen LogP contribution in [-0.2, 0) is 4.74 Å². The molecular weight excluding hydrogens is 270 g/mol. The molecule has 1 aromatic rings. The number of rotatable bonds is 3. The first-order valence-electron chi connectivity index (χ1n) is 4.95. The van der Waals surface area contributed by atoms with Crippen LogP contribution in [-0.4, -0.2) is 18.9 Å². The molecule has 0 N–H and O–H groups in total. The number of carbonyl (C=O) groups is 1. The van der Waals surface area contributed by atoms with Crippen molar-refractivity contribution in [3.05, 3.63) is 29.1 Å². The number of nitriles is 1. The van der Waals surface area contributed by atoms with Gasteiger partial charge in [0.2, 0.25) is 0 Å². The van der Waals surface area contributed by atoms with Gasteiger partial charge in [0.25, 0.3) is 0 Å². The van der Waals surface area contributed by atoms with Gasteiger partial charge in [-0.15, -0.1) is 13.2 Å². The quantitative estimate of drug-likeness (QED) is 0.629. The van der Waals surface area contributed by atoms with E-state index in [0.717, 1.165) is 0 Å². The van der Waals surface area contributed by atoms with Crippen molar-refractivity contribution in [2.75, 3.05) is 6.61 Å². The molecule has 1 rings (SSSR count). The van der Waals surface area contributed by atoms with Crippen LogP contribution in [0.3, 0.4) is 0 Å². The summed E-state index contributed by atoms with van der Waals surface area (Å²) in [5.74, 6) is -3.42. The zero-order chi connectivity index (χ0) is 14.6. The smallest absolute Gasteiger partial charge is 0.462 e. The second-order valence-corrected chi connectivity index (χ2v) is 3.21. The molecule has 1 aromatic carbocycles. The van der Waals surface area contributed by atoms with Crippen molar-refractivity contribution in [3.63, 3.8) is 0 Å². The Morgan fingerprint density at radius 2 is 2.05 bits per heavy atom. The number of ether oxygens (including phenoxy) is 2. The van der Waals surface area contributed by atoms with E-state index in [1.807, 2.05) is 0 Å². The van der Waals surface area contributed by atoms with Crippen molar-refractivity contribution >= 4 is 5.97 Å². The zero-order valence-electron chi connectivity index (χ0n) is 9.55. The maximum Gasteiger partial charge on any atom is 0.573 e. The lowest BCUT2D eigenvalue weighted by atomic mass is 10.1. The molecule has 0 saturated heterocycles. The molecule has 0 heterocycles. The van der Waals surface area contributed by atoms with Crippen LogP contribution >= 0.6 is 0 Å². The lowest BCUT2D eigenvalue weighted by molar-refractivity contribution is -0.274. The van der Waals surface area contributed by atoms with Crippen molar-refractivity contribution in [2.45, 2.75) is 13.3 Å². The van der Waals surface area contributed by atoms with E-state index in [1.54, 1.807) is 0 Å². The molecule has 0 bridgehead atoms. The number of benzene rings is 1. The zero-order valence-corrected chi connectivity index (χ0v) is 9.55. The summed E-state index contributed by atoms with van der Waals surface area (Å²) in [5, 5.41) is 8.57. The molecule has 19 heavy (non-hydrogen) atoms. The fourth-order valence-electron chi connectivity index (χ4n) is 1.22. The summed E-state index contributed by atoms with van der Waals surface area (Å²) in [5.41, 5.74) is -1.25. The van der Waals surface area contributed by atoms with E-state index < -0.39 is 35.0 Å². The van der Waals surface area contributed by atoms with Gasteiger partial charge < -0.3 is 9.47 Å². The van der Waals surface area contributed by atoms with Crippen LogP contribution in [0.15, 0.2) is 12.1 Å². The third-order valence-corrected chi connectivity index (χ3v) is 1.91. The molecule has 0 fully saturated rings. The normalized spacial score (nSPS) is 10.7. The summed E-state index contributed by atoms with van der Waals surface area (Å²) in [7, 11) is 0. The topological polar surface area (TPSA) is 59.3 Å². The van der Waals surface area contributed by atoms with Gasteiger partial charge in [0.1, 0.15) is 23.2 Å². The molecule has 0 unspecified atom stereocenters. The minimum absolute atomic E-state index is 0.0937. The first kappa shape index (κ1) is 14.8. The molecule has 8 heteroatoms. The van der Waals surface area contributed by atoms with Crippen LogP contribution in [0.25, 0.3) is 0 Å². The molecule has 0 aliphatic carbocycles. The predicted molar refractivity (Wildman–Crippen MR) is 53.8 cm³/mol. The fourth-order valence-corrected chi connectivity index (χ4v) is 1.22. The van der Waals surface area contributed by atoms with E-state index in [2.05, 4.69) is 9.47 Å². The molecule has 0 spiro atoms. The van der Waals surface area contributed by atoms with Gasteiger partial charge in [-0.3, -0.25) is 0 Å². The van der Waals surface area contributed by atoms with Gasteiger partial charge in [-0.1, -0.05) is 0 Å². The maximum atomic E-state index is 13.2. The summed E-state index contributed by atoms with van der Waals surface area (Å²) in [6.07, 6.45) is -5.10. The van der Waals surface area contributed by atoms with Gasteiger partial charge in [0.15, 0.2) is 0 Å². The van der Waals surface area contributed by atoms with Crippen LogP contribution < -0.4 is 4.74 Å². The molecule has 0 radical (unpaired) electrons. The third-order valence-electron chi connectivity index (χ3n) is 1.91.